The van der Waals surface area contributed by atoms with Crippen molar-refractivity contribution in [3.63, 3.8) is 0 Å². The third kappa shape index (κ3) is 2.88. The highest BCUT2D eigenvalue weighted by Crippen LogP contribution is 2.45. The molecule has 2 atom stereocenters. The number of likely N-dealkylation sites (N-methyl/N-ethyl adjacent to an activating group) is 1. The largest absolute Gasteiger partial charge is 0.492 e. The minimum absolute atomic E-state index is 0.0635. The van der Waals surface area contributed by atoms with Gasteiger partial charge in [0, 0.05) is 31.4 Å². The Hall–Kier alpha value is -2.61. The van der Waals surface area contributed by atoms with Crippen molar-refractivity contribution in [1.82, 2.24) is 9.47 Å². The number of pyridine rings is 1. The van der Waals surface area contributed by atoms with Gasteiger partial charge in [-0.15, -0.1) is 0 Å². The van der Waals surface area contributed by atoms with Crippen LogP contribution in [0.25, 0.3) is 10.9 Å². The second-order valence-electron chi connectivity index (χ2n) is 8.81. The van der Waals surface area contributed by atoms with Crippen molar-refractivity contribution >= 4 is 22.6 Å². The van der Waals surface area contributed by atoms with Gasteiger partial charge in [0.25, 0.3) is 0 Å². The average molecular weight is 415 g/mol. The molecule has 3 heterocycles. The molecule has 2 saturated heterocycles. The quantitative estimate of drug-likeness (QED) is 0.828. The van der Waals surface area contributed by atoms with Crippen LogP contribution in [0.4, 0.5) is 10.1 Å². The Balaban J connectivity index is 1.72. The van der Waals surface area contributed by atoms with E-state index in [-0.39, 0.29) is 17.0 Å². The maximum atomic E-state index is 15.4. The highest BCUT2D eigenvalue weighted by Gasteiger charge is 2.40. The molecule has 3 fully saturated rings. The smallest absolute Gasteiger partial charge is 0.341 e. The molecule has 1 aliphatic carbocycles. The highest BCUT2D eigenvalue weighted by molar-refractivity contribution is 5.97. The SMILES string of the molecule is COc1c(N2C[C@H]3CCCN(C)[C@H]3C2)c(F)cc2c(=O)c(C(=O)O)cn(C3CC3)c12. The number of benzene rings is 1. The maximum Gasteiger partial charge on any atom is 0.341 e. The van der Waals surface area contributed by atoms with E-state index in [2.05, 4.69) is 11.9 Å². The number of carbonyl (C=O) groups is 1. The van der Waals surface area contributed by atoms with Crippen LogP contribution in [0.3, 0.4) is 0 Å². The highest BCUT2D eigenvalue weighted by atomic mass is 19.1. The summed E-state index contributed by atoms with van der Waals surface area (Å²) in [6, 6.07) is 1.68. The van der Waals surface area contributed by atoms with Crippen molar-refractivity contribution in [2.75, 3.05) is 38.7 Å². The number of rotatable bonds is 4. The number of hydrogen-bond donors (Lipinski definition) is 1. The molecule has 0 unspecified atom stereocenters. The van der Waals surface area contributed by atoms with Crippen molar-refractivity contribution in [3.05, 3.63) is 33.9 Å². The normalized spacial score (nSPS) is 24.3. The van der Waals surface area contributed by atoms with Crippen LogP contribution in [0.1, 0.15) is 42.1 Å². The molecule has 1 N–H and O–H groups in total. The maximum absolute atomic E-state index is 15.4. The Morgan fingerprint density at radius 3 is 2.67 bits per heavy atom. The zero-order chi connectivity index (χ0) is 21.2. The van der Waals surface area contributed by atoms with Crippen LogP contribution in [0.5, 0.6) is 5.75 Å². The summed E-state index contributed by atoms with van der Waals surface area (Å²) in [4.78, 5) is 28.8. The molecular formula is C22H26FN3O4. The van der Waals surface area contributed by atoms with E-state index in [9.17, 15) is 14.7 Å². The van der Waals surface area contributed by atoms with Crippen LogP contribution in [0.15, 0.2) is 17.1 Å². The van der Waals surface area contributed by atoms with E-state index in [1.54, 1.807) is 4.57 Å². The van der Waals surface area contributed by atoms with Gasteiger partial charge in [-0.1, -0.05) is 0 Å². The predicted octanol–water partition coefficient (Wildman–Crippen LogP) is 2.71. The summed E-state index contributed by atoms with van der Waals surface area (Å²) in [6.45, 7) is 2.50. The summed E-state index contributed by atoms with van der Waals surface area (Å²) in [6.07, 6.45) is 5.45. The number of ether oxygens (including phenoxy) is 1. The lowest BCUT2D eigenvalue weighted by Gasteiger charge is -2.33. The van der Waals surface area contributed by atoms with Crippen molar-refractivity contribution < 1.29 is 19.0 Å². The van der Waals surface area contributed by atoms with Gasteiger partial charge in [0.05, 0.1) is 18.0 Å². The lowest BCUT2D eigenvalue weighted by atomic mass is 9.93. The van der Waals surface area contributed by atoms with Gasteiger partial charge >= 0.3 is 5.97 Å². The van der Waals surface area contributed by atoms with Gasteiger partial charge in [-0.25, -0.2) is 9.18 Å². The van der Waals surface area contributed by atoms with Gasteiger partial charge in [0.1, 0.15) is 11.3 Å². The fourth-order valence-corrected chi connectivity index (χ4v) is 5.31. The first-order chi connectivity index (χ1) is 14.4. The van der Waals surface area contributed by atoms with Gasteiger partial charge in [-0.3, -0.25) is 4.79 Å². The summed E-state index contributed by atoms with van der Waals surface area (Å²) in [5, 5.41) is 9.53. The standard InChI is InChI=1S/C22H26FN3O4/c1-24-7-3-4-12-9-25(11-17(12)24)19-16(23)8-14-18(21(19)30-2)26(13-5-6-13)10-15(20(14)27)22(28)29/h8,10,12-13,17H,3-7,9,11H2,1-2H3,(H,28,29)/t12-,17+/m1/s1. The zero-order valence-corrected chi connectivity index (χ0v) is 17.2. The van der Waals surface area contributed by atoms with E-state index in [1.165, 1.54) is 19.4 Å². The van der Waals surface area contributed by atoms with E-state index in [1.807, 2.05) is 4.90 Å². The van der Waals surface area contributed by atoms with Crippen molar-refractivity contribution in [1.29, 1.82) is 0 Å². The first-order valence-electron chi connectivity index (χ1n) is 10.5. The van der Waals surface area contributed by atoms with Crippen LogP contribution in [0.2, 0.25) is 0 Å². The van der Waals surface area contributed by atoms with Crippen molar-refractivity contribution in [2.45, 2.75) is 37.8 Å². The molecule has 0 spiro atoms. The minimum Gasteiger partial charge on any atom is -0.492 e. The lowest BCUT2D eigenvalue weighted by molar-refractivity contribution is 0.0695. The second-order valence-corrected chi connectivity index (χ2v) is 8.81. The molecule has 8 heteroatoms. The number of carboxylic acid groups (broad SMARTS) is 1. The molecular weight excluding hydrogens is 389 g/mol. The Morgan fingerprint density at radius 2 is 2.03 bits per heavy atom. The number of halogens is 1. The van der Waals surface area contributed by atoms with Gasteiger partial charge in [0.2, 0.25) is 5.43 Å². The molecule has 0 radical (unpaired) electrons. The van der Waals surface area contributed by atoms with Crippen molar-refractivity contribution in [2.24, 2.45) is 5.92 Å². The first-order valence-corrected chi connectivity index (χ1v) is 10.5. The van der Waals surface area contributed by atoms with Gasteiger partial charge in [-0.05, 0) is 51.3 Å². The molecule has 0 bridgehead atoms. The third-order valence-corrected chi connectivity index (χ3v) is 6.95. The Bertz CT molecular complexity index is 1090. The van der Waals surface area contributed by atoms with E-state index >= 15 is 4.39 Å². The number of hydrogen-bond acceptors (Lipinski definition) is 5. The number of anilines is 1. The summed E-state index contributed by atoms with van der Waals surface area (Å²) in [5.74, 6) is -1.04. The number of nitrogens with zero attached hydrogens (tertiary/aromatic N) is 3. The molecule has 5 rings (SSSR count). The van der Waals surface area contributed by atoms with Crippen LogP contribution >= 0.6 is 0 Å². The lowest BCUT2D eigenvalue weighted by Crippen LogP contribution is -2.42. The van der Waals surface area contributed by atoms with Crippen LogP contribution in [0, 0.1) is 11.7 Å². The second kappa shape index (κ2) is 6.97. The van der Waals surface area contributed by atoms with Crippen LogP contribution in [-0.4, -0.2) is 60.4 Å². The van der Waals surface area contributed by atoms with Crippen LogP contribution in [-0.2, 0) is 0 Å². The number of piperidine rings is 1. The summed E-state index contributed by atoms with van der Waals surface area (Å²) >= 11 is 0. The Morgan fingerprint density at radius 1 is 1.27 bits per heavy atom. The summed E-state index contributed by atoms with van der Waals surface area (Å²) in [7, 11) is 3.60. The molecule has 2 aliphatic heterocycles. The number of methoxy groups -OCH3 is 1. The number of aromatic nitrogens is 1. The molecule has 30 heavy (non-hydrogen) atoms. The summed E-state index contributed by atoms with van der Waals surface area (Å²) in [5.41, 5.74) is -0.135. The number of carboxylic acids is 1. The molecule has 7 nitrogen and oxygen atoms in total. The number of fused-ring (bicyclic) bond motifs is 2. The molecule has 160 valence electrons. The molecule has 0 amide bonds. The molecule has 2 aromatic rings. The zero-order valence-electron chi connectivity index (χ0n) is 17.2. The monoisotopic (exact) mass is 415 g/mol. The van der Waals surface area contributed by atoms with E-state index in [0.717, 1.165) is 38.8 Å². The van der Waals surface area contributed by atoms with E-state index < -0.39 is 17.2 Å². The third-order valence-electron chi connectivity index (χ3n) is 6.95. The van der Waals surface area contributed by atoms with Gasteiger partial charge < -0.3 is 24.2 Å². The van der Waals surface area contributed by atoms with Gasteiger partial charge in [-0.2, -0.15) is 0 Å². The fourth-order valence-electron chi connectivity index (χ4n) is 5.31. The Kier molecular flexibility index (Phi) is 4.50. The van der Waals surface area contributed by atoms with Crippen molar-refractivity contribution in [3.8, 4) is 5.75 Å². The molecule has 1 aromatic heterocycles. The van der Waals surface area contributed by atoms with E-state index in [4.69, 9.17) is 4.74 Å². The number of aromatic carboxylic acids is 1. The minimum atomic E-state index is -1.30. The summed E-state index contributed by atoms with van der Waals surface area (Å²) < 4.78 is 22.9. The topological polar surface area (TPSA) is 75.0 Å². The molecule has 3 aliphatic rings. The number of likely N-dealkylation sites (tertiary alicyclic amines) is 1. The first kappa shape index (κ1) is 19.4. The molecule has 1 aromatic carbocycles. The van der Waals surface area contributed by atoms with Crippen LogP contribution < -0.4 is 15.1 Å². The molecule has 1 saturated carbocycles. The van der Waals surface area contributed by atoms with Gasteiger partial charge in [0.15, 0.2) is 11.6 Å². The van der Waals surface area contributed by atoms with E-state index in [0.29, 0.717) is 35.5 Å². The fraction of sp³-hybridized carbons (Fsp3) is 0.545. The Labute approximate surface area is 173 Å². The average Bonchev–Trinajstić information content (AvgIpc) is 3.46. The predicted molar refractivity (Wildman–Crippen MR) is 111 cm³/mol.